The highest BCUT2D eigenvalue weighted by molar-refractivity contribution is 5.94. The molecule has 26 heavy (non-hydrogen) atoms. The van der Waals surface area contributed by atoms with Crippen molar-refractivity contribution in [2.75, 3.05) is 13.1 Å². The zero-order valence-corrected chi connectivity index (χ0v) is 14.7. The standard InChI is InChI=1S/C21H23FN2O2/c22-17-5-2-6-20(12-17)26-14-15-3-1-4-16(11-15)21(25)24-10-9-18-7-8-19(13-24)23-18/h1-6,11-12,18-19,23H,7-10,13-14H2. The number of nitrogens with zero attached hydrogens (tertiary/aromatic N) is 1. The highest BCUT2D eigenvalue weighted by Crippen LogP contribution is 2.22. The molecule has 4 rings (SSSR count). The second-order valence-electron chi connectivity index (χ2n) is 7.12. The van der Waals surface area contributed by atoms with Crippen LogP contribution in [0.15, 0.2) is 48.5 Å². The van der Waals surface area contributed by atoms with Gasteiger partial charge in [0.05, 0.1) is 0 Å². The summed E-state index contributed by atoms with van der Waals surface area (Å²) in [5, 5.41) is 3.60. The molecule has 2 aromatic rings. The molecule has 136 valence electrons. The molecule has 0 aliphatic carbocycles. The van der Waals surface area contributed by atoms with E-state index in [1.807, 2.05) is 29.2 Å². The maximum Gasteiger partial charge on any atom is 0.253 e. The summed E-state index contributed by atoms with van der Waals surface area (Å²) >= 11 is 0. The van der Waals surface area contributed by atoms with Crippen LogP contribution in [0.5, 0.6) is 5.75 Å². The maximum absolute atomic E-state index is 13.2. The van der Waals surface area contributed by atoms with E-state index < -0.39 is 0 Å². The van der Waals surface area contributed by atoms with Crippen molar-refractivity contribution >= 4 is 5.91 Å². The van der Waals surface area contributed by atoms with Crippen molar-refractivity contribution in [3.8, 4) is 5.75 Å². The fraction of sp³-hybridized carbons (Fsp3) is 0.381. The van der Waals surface area contributed by atoms with Gasteiger partial charge in [0, 0.05) is 36.8 Å². The lowest BCUT2D eigenvalue weighted by Crippen LogP contribution is -2.39. The molecule has 2 unspecified atom stereocenters. The lowest BCUT2D eigenvalue weighted by atomic mass is 10.1. The highest BCUT2D eigenvalue weighted by Gasteiger charge is 2.31. The number of fused-ring (bicyclic) bond motifs is 2. The van der Waals surface area contributed by atoms with E-state index in [9.17, 15) is 9.18 Å². The van der Waals surface area contributed by atoms with E-state index in [0.717, 1.165) is 31.5 Å². The normalized spacial score (nSPS) is 22.1. The third kappa shape index (κ3) is 3.88. The van der Waals surface area contributed by atoms with E-state index in [2.05, 4.69) is 5.32 Å². The number of nitrogens with one attached hydrogen (secondary N) is 1. The van der Waals surface area contributed by atoms with Gasteiger partial charge in [0.2, 0.25) is 0 Å². The summed E-state index contributed by atoms with van der Waals surface area (Å²) in [5.41, 5.74) is 1.58. The van der Waals surface area contributed by atoms with Crippen LogP contribution in [-0.4, -0.2) is 36.0 Å². The van der Waals surface area contributed by atoms with Crippen molar-refractivity contribution in [3.05, 3.63) is 65.5 Å². The molecule has 2 atom stereocenters. The van der Waals surface area contributed by atoms with Gasteiger partial charge in [-0.1, -0.05) is 18.2 Å². The molecule has 2 saturated heterocycles. The molecule has 1 amide bonds. The van der Waals surface area contributed by atoms with E-state index in [-0.39, 0.29) is 11.7 Å². The van der Waals surface area contributed by atoms with Crippen molar-refractivity contribution in [3.63, 3.8) is 0 Å². The van der Waals surface area contributed by atoms with Crippen LogP contribution in [0.2, 0.25) is 0 Å². The summed E-state index contributed by atoms with van der Waals surface area (Å²) in [4.78, 5) is 14.9. The second-order valence-corrected chi connectivity index (χ2v) is 7.12. The van der Waals surface area contributed by atoms with Gasteiger partial charge in [-0.15, -0.1) is 0 Å². The summed E-state index contributed by atoms with van der Waals surface area (Å²) in [6, 6.07) is 14.6. The summed E-state index contributed by atoms with van der Waals surface area (Å²) in [6.45, 7) is 1.88. The highest BCUT2D eigenvalue weighted by atomic mass is 19.1. The summed E-state index contributed by atoms with van der Waals surface area (Å²) in [7, 11) is 0. The smallest absolute Gasteiger partial charge is 0.253 e. The van der Waals surface area contributed by atoms with E-state index >= 15 is 0 Å². The van der Waals surface area contributed by atoms with E-state index in [0.29, 0.717) is 30.0 Å². The van der Waals surface area contributed by atoms with Crippen molar-refractivity contribution in [2.24, 2.45) is 0 Å². The Hall–Kier alpha value is -2.40. The second kappa shape index (κ2) is 7.46. The van der Waals surface area contributed by atoms with Crippen LogP contribution in [0, 0.1) is 5.82 Å². The van der Waals surface area contributed by atoms with Crippen LogP contribution in [0.25, 0.3) is 0 Å². The zero-order valence-electron chi connectivity index (χ0n) is 14.7. The molecular weight excluding hydrogens is 331 g/mol. The van der Waals surface area contributed by atoms with Crippen LogP contribution < -0.4 is 10.1 Å². The topological polar surface area (TPSA) is 41.6 Å². The molecule has 2 aliphatic heterocycles. The van der Waals surface area contributed by atoms with Gasteiger partial charge in [-0.25, -0.2) is 4.39 Å². The van der Waals surface area contributed by atoms with E-state index in [4.69, 9.17) is 4.74 Å². The van der Waals surface area contributed by atoms with Gasteiger partial charge in [0.25, 0.3) is 5.91 Å². The first kappa shape index (κ1) is 17.0. The molecule has 2 heterocycles. The number of ether oxygens (including phenoxy) is 1. The van der Waals surface area contributed by atoms with Crippen molar-refractivity contribution in [1.82, 2.24) is 10.2 Å². The number of carbonyl (C=O) groups excluding carboxylic acids is 1. The number of hydrogen-bond donors (Lipinski definition) is 1. The molecule has 2 bridgehead atoms. The Kier molecular flexibility index (Phi) is 4.89. The quantitative estimate of drug-likeness (QED) is 0.915. The Morgan fingerprint density at radius 1 is 1.12 bits per heavy atom. The zero-order chi connectivity index (χ0) is 17.9. The van der Waals surface area contributed by atoms with Gasteiger partial charge in [-0.05, 0) is 49.1 Å². The average Bonchev–Trinajstić information content (AvgIpc) is 2.98. The third-order valence-electron chi connectivity index (χ3n) is 5.19. The van der Waals surface area contributed by atoms with Crippen LogP contribution in [-0.2, 0) is 6.61 Å². The number of carbonyl (C=O) groups is 1. The van der Waals surface area contributed by atoms with Gasteiger partial charge in [-0.3, -0.25) is 4.79 Å². The monoisotopic (exact) mass is 354 g/mol. The Morgan fingerprint density at radius 2 is 1.96 bits per heavy atom. The molecule has 5 heteroatoms. The Balaban J connectivity index is 1.42. The van der Waals surface area contributed by atoms with Gasteiger partial charge >= 0.3 is 0 Å². The SMILES string of the molecule is O=C(c1cccc(COc2cccc(F)c2)c1)N1CCC2CCC(C1)N2. The van der Waals surface area contributed by atoms with Crippen molar-refractivity contribution in [1.29, 1.82) is 0 Å². The Bertz CT molecular complexity index is 795. The number of halogens is 1. The average molecular weight is 354 g/mol. The largest absolute Gasteiger partial charge is 0.489 e. The van der Waals surface area contributed by atoms with Gasteiger partial charge < -0.3 is 15.0 Å². The fourth-order valence-corrected chi connectivity index (χ4v) is 3.83. The molecule has 2 fully saturated rings. The van der Waals surface area contributed by atoms with Crippen LogP contribution in [0.4, 0.5) is 4.39 Å². The molecular formula is C21H23FN2O2. The van der Waals surface area contributed by atoms with Crippen molar-refractivity contribution < 1.29 is 13.9 Å². The molecule has 2 aromatic carbocycles. The first-order valence-electron chi connectivity index (χ1n) is 9.20. The van der Waals surface area contributed by atoms with E-state index in [1.165, 1.54) is 18.6 Å². The minimum Gasteiger partial charge on any atom is -0.489 e. The molecule has 0 saturated carbocycles. The summed E-state index contributed by atoms with van der Waals surface area (Å²) in [5.74, 6) is 0.235. The lowest BCUT2D eigenvalue weighted by Gasteiger charge is -2.24. The van der Waals surface area contributed by atoms with Gasteiger partial charge in [0.15, 0.2) is 0 Å². The minimum atomic E-state index is -0.324. The summed E-state index contributed by atoms with van der Waals surface area (Å²) in [6.07, 6.45) is 3.39. The van der Waals surface area contributed by atoms with E-state index in [1.54, 1.807) is 12.1 Å². The van der Waals surface area contributed by atoms with Crippen LogP contribution in [0.1, 0.15) is 35.2 Å². The van der Waals surface area contributed by atoms with Crippen LogP contribution >= 0.6 is 0 Å². The maximum atomic E-state index is 13.2. The summed E-state index contributed by atoms with van der Waals surface area (Å²) < 4.78 is 18.9. The number of hydrogen-bond acceptors (Lipinski definition) is 3. The van der Waals surface area contributed by atoms with Crippen LogP contribution in [0.3, 0.4) is 0 Å². The molecule has 0 aromatic heterocycles. The van der Waals surface area contributed by atoms with Gasteiger partial charge in [0.1, 0.15) is 18.2 Å². The lowest BCUT2D eigenvalue weighted by molar-refractivity contribution is 0.0748. The number of benzene rings is 2. The first-order chi connectivity index (χ1) is 12.7. The third-order valence-corrected chi connectivity index (χ3v) is 5.19. The predicted molar refractivity (Wildman–Crippen MR) is 97.6 cm³/mol. The number of likely N-dealkylation sites (tertiary alicyclic amines) is 1. The minimum absolute atomic E-state index is 0.0759. The van der Waals surface area contributed by atoms with Crippen molar-refractivity contribution in [2.45, 2.75) is 38.0 Å². The Labute approximate surface area is 153 Å². The predicted octanol–water partition coefficient (Wildman–Crippen LogP) is 3.37. The Morgan fingerprint density at radius 3 is 2.85 bits per heavy atom. The number of amides is 1. The fourth-order valence-electron chi connectivity index (χ4n) is 3.83. The number of rotatable bonds is 4. The first-order valence-corrected chi connectivity index (χ1v) is 9.20. The molecule has 0 radical (unpaired) electrons. The molecule has 4 nitrogen and oxygen atoms in total. The molecule has 1 N–H and O–H groups in total. The molecule has 2 aliphatic rings. The van der Waals surface area contributed by atoms with Gasteiger partial charge in [-0.2, -0.15) is 0 Å². The molecule has 0 spiro atoms.